The molecule has 7 nitrogen and oxygen atoms in total. The van der Waals surface area contributed by atoms with Crippen LogP contribution >= 0.6 is 11.8 Å². The highest BCUT2D eigenvalue weighted by Crippen LogP contribution is 2.29. The number of ether oxygens (including phenoxy) is 2. The molecule has 0 unspecified atom stereocenters. The van der Waals surface area contributed by atoms with Crippen LogP contribution in [0.2, 0.25) is 0 Å². The van der Waals surface area contributed by atoms with E-state index < -0.39 is 0 Å². The average Bonchev–Trinajstić information content (AvgIpc) is 2.73. The van der Waals surface area contributed by atoms with Gasteiger partial charge in [0.05, 0.1) is 31.4 Å². The minimum atomic E-state index is -0.176. The lowest BCUT2D eigenvalue weighted by Gasteiger charge is -2.11. The summed E-state index contributed by atoms with van der Waals surface area (Å²) in [6, 6.07) is 12.7. The Morgan fingerprint density at radius 2 is 2.00 bits per heavy atom. The molecule has 3 rings (SSSR count). The fourth-order valence-electron chi connectivity index (χ4n) is 2.30. The van der Waals surface area contributed by atoms with Crippen LogP contribution in [0.15, 0.2) is 59.9 Å². The van der Waals surface area contributed by atoms with Crippen molar-refractivity contribution in [3.8, 4) is 22.8 Å². The topological polar surface area (TPSA) is 86.2 Å². The van der Waals surface area contributed by atoms with Gasteiger partial charge in [0.15, 0.2) is 0 Å². The van der Waals surface area contributed by atoms with Crippen molar-refractivity contribution in [2.75, 3.05) is 25.3 Å². The van der Waals surface area contributed by atoms with Gasteiger partial charge in [-0.25, -0.2) is 0 Å². The first-order chi connectivity index (χ1) is 13.2. The van der Waals surface area contributed by atoms with E-state index in [2.05, 4.69) is 20.5 Å². The molecule has 3 aromatic rings. The first kappa shape index (κ1) is 18.7. The fraction of sp³-hybridized carbons (Fsp3) is 0.158. The molecule has 27 heavy (non-hydrogen) atoms. The van der Waals surface area contributed by atoms with E-state index in [1.54, 1.807) is 44.8 Å². The van der Waals surface area contributed by atoms with E-state index in [-0.39, 0.29) is 11.7 Å². The van der Waals surface area contributed by atoms with Gasteiger partial charge < -0.3 is 14.8 Å². The van der Waals surface area contributed by atoms with Gasteiger partial charge in [-0.2, -0.15) is 0 Å². The number of methoxy groups -OCH3 is 2. The molecule has 0 saturated carbocycles. The van der Waals surface area contributed by atoms with Gasteiger partial charge >= 0.3 is 0 Å². The third-order valence-corrected chi connectivity index (χ3v) is 4.55. The standard InChI is InChI=1S/C19H18N4O3S/c1-25-14-5-7-17(26-2)16(10-14)21-18(24)12-27-19-8-6-15(22-23-19)13-4-3-9-20-11-13/h3-11H,12H2,1-2H3,(H,21,24). The lowest BCUT2D eigenvalue weighted by molar-refractivity contribution is -0.113. The van der Waals surface area contributed by atoms with Crippen molar-refractivity contribution in [3.05, 3.63) is 54.9 Å². The lowest BCUT2D eigenvalue weighted by Crippen LogP contribution is -2.15. The summed E-state index contributed by atoms with van der Waals surface area (Å²) < 4.78 is 10.4. The molecule has 0 radical (unpaired) electrons. The average molecular weight is 382 g/mol. The van der Waals surface area contributed by atoms with Crippen LogP contribution < -0.4 is 14.8 Å². The van der Waals surface area contributed by atoms with Crippen LogP contribution in [-0.2, 0) is 4.79 Å². The van der Waals surface area contributed by atoms with Gasteiger partial charge in [0, 0.05) is 24.0 Å². The first-order valence-electron chi connectivity index (χ1n) is 8.08. The minimum Gasteiger partial charge on any atom is -0.497 e. The highest BCUT2D eigenvalue weighted by atomic mass is 32.2. The molecule has 0 atom stereocenters. The number of hydrogen-bond acceptors (Lipinski definition) is 7. The predicted molar refractivity (Wildman–Crippen MR) is 104 cm³/mol. The molecular weight excluding hydrogens is 364 g/mol. The zero-order valence-electron chi connectivity index (χ0n) is 14.9. The Morgan fingerprint density at radius 3 is 2.67 bits per heavy atom. The Morgan fingerprint density at radius 1 is 1.11 bits per heavy atom. The molecule has 0 aliphatic heterocycles. The van der Waals surface area contributed by atoms with E-state index in [9.17, 15) is 4.79 Å². The lowest BCUT2D eigenvalue weighted by atomic mass is 10.2. The molecule has 0 aliphatic rings. The number of amides is 1. The molecule has 2 aromatic heterocycles. The normalized spacial score (nSPS) is 10.3. The predicted octanol–water partition coefficient (Wildman–Crippen LogP) is 3.29. The van der Waals surface area contributed by atoms with Gasteiger partial charge in [0.1, 0.15) is 16.5 Å². The third-order valence-electron chi connectivity index (χ3n) is 3.63. The number of anilines is 1. The number of carbonyl (C=O) groups is 1. The van der Waals surface area contributed by atoms with Crippen molar-refractivity contribution < 1.29 is 14.3 Å². The third kappa shape index (κ3) is 4.95. The maximum absolute atomic E-state index is 12.3. The number of rotatable bonds is 7. The summed E-state index contributed by atoms with van der Waals surface area (Å²) in [5, 5.41) is 11.8. The van der Waals surface area contributed by atoms with E-state index in [0.717, 1.165) is 11.3 Å². The highest BCUT2D eigenvalue weighted by molar-refractivity contribution is 7.99. The Labute approximate surface area is 161 Å². The molecule has 0 saturated heterocycles. The zero-order valence-corrected chi connectivity index (χ0v) is 15.7. The van der Waals surface area contributed by atoms with Crippen molar-refractivity contribution in [2.45, 2.75) is 5.03 Å². The second kappa shape index (κ2) is 9.00. The van der Waals surface area contributed by atoms with Crippen LogP contribution in [0.3, 0.4) is 0 Å². The second-order valence-electron chi connectivity index (χ2n) is 5.40. The van der Waals surface area contributed by atoms with Gasteiger partial charge in [-0.3, -0.25) is 9.78 Å². The molecule has 1 amide bonds. The van der Waals surface area contributed by atoms with Crippen LogP contribution in [0.25, 0.3) is 11.3 Å². The molecule has 138 valence electrons. The van der Waals surface area contributed by atoms with Crippen molar-refractivity contribution in [1.82, 2.24) is 15.2 Å². The summed E-state index contributed by atoms with van der Waals surface area (Å²) >= 11 is 1.30. The zero-order chi connectivity index (χ0) is 19.1. The Balaban J connectivity index is 1.59. The molecule has 2 heterocycles. The highest BCUT2D eigenvalue weighted by Gasteiger charge is 2.10. The number of pyridine rings is 1. The first-order valence-corrected chi connectivity index (χ1v) is 9.07. The Bertz CT molecular complexity index is 905. The van der Waals surface area contributed by atoms with E-state index in [4.69, 9.17) is 9.47 Å². The number of benzene rings is 1. The summed E-state index contributed by atoms with van der Waals surface area (Å²) in [5.74, 6) is 1.22. The van der Waals surface area contributed by atoms with Gasteiger partial charge in [-0.1, -0.05) is 11.8 Å². The molecule has 0 aliphatic carbocycles. The number of nitrogens with one attached hydrogen (secondary N) is 1. The largest absolute Gasteiger partial charge is 0.497 e. The van der Waals surface area contributed by atoms with Gasteiger partial charge in [-0.05, 0) is 36.4 Å². The molecule has 0 spiro atoms. The SMILES string of the molecule is COc1ccc(OC)c(NC(=O)CSc2ccc(-c3cccnc3)nn2)c1. The Hall–Kier alpha value is -3.13. The Kier molecular flexibility index (Phi) is 6.22. The minimum absolute atomic E-state index is 0.176. The van der Waals surface area contributed by atoms with Crippen LogP contribution in [-0.4, -0.2) is 41.1 Å². The number of aromatic nitrogens is 3. The number of nitrogens with zero attached hydrogens (tertiary/aromatic N) is 3. The van der Waals surface area contributed by atoms with Gasteiger partial charge in [-0.15, -0.1) is 10.2 Å². The van der Waals surface area contributed by atoms with Crippen molar-refractivity contribution >= 4 is 23.4 Å². The number of thioether (sulfide) groups is 1. The summed E-state index contributed by atoms with van der Waals surface area (Å²) in [7, 11) is 3.11. The maximum Gasteiger partial charge on any atom is 0.234 e. The summed E-state index contributed by atoms with van der Waals surface area (Å²) in [4.78, 5) is 16.3. The van der Waals surface area contributed by atoms with Crippen molar-refractivity contribution in [3.63, 3.8) is 0 Å². The van der Waals surface area contributed by atoms with E-state index in [1.165, 1.54) is 11.8 Å². The van der Waals surface area contributed by atoms with Crippen LogP contribution in [0.4, 0.5) is 5.69 Å². The van der Waals surface area contributed by atoms with Crippen LogP contribution in [0.1, 0.15) is 0 Å². The van der Waals surface area contributed by atoms with Crippen LogP contribution in [0.5, 0.6) is 11.5 Å². The summed E-state index contributed by atoms with van der Waals surface area (Å²) in [6.45, 7) is 0. The monoisotopic (exact) mass is 382 g/mol. The number of carbonyl (C=O) groups excluding carboxylic acids is 1. The molecule has 1 N–H and O–H groups in total. The van der Waals surface area contributed by atoms with E-state index >= 15 is 0 Å². The fourth-order valence-corrected chi connectivity index (χ4v) is 2.92. The van der Waals surface area contributed by atoms with Gasteiger partial charge in [0.25, 0.3) is 0 Å². The van der Waals surface area contributed by atoms with Gasteiger partial charge in [0.2, 0.25) is 5.91 Å². The summed E-state index contributed by atoms with van der Waals surface area (Å²) in [5.41, 5.74) is 2.18. The number of hydrogen-bond donors (Lipinski definition) is 1. The van der Waals surface area contributed by atoms with E-state index in [1.807, 2.05) is 24.3 Å². The van der Waals surface area contributed by atoms with Crippen molar-refractivity contribution in [2.24, 2.45) is 0 Å². The molecular formula is C19H18N4O3S. The quantitative estimate of drug-likeness (QED) is 0.628. The van der Waals surface area contributed by atoms with Crippen molar-refractivity contribution in [1.29, 1.82) is 0 Å². The molecule has 8 heteroatoms. The smallest absolute Gasteiger partial charge is 0.234 e. The molecule has 0 fully saturated rings. The summed E-state index contributed by atoms with van der Waals surface area (Å²) in [6.07, 6.45) is 3.43. The second-order valence-corrected chi connectivity index (χ2v) is 6.40. The maximum atomic E-state index is 12.3. The molecule has 1 aromatic carbocycles. The molecule has 0 bridgehead atoms. The van der Waals surface area contributed by atoms with Crippen LogP contribution in [0, 0.1) is 0 Å². The van der Waals surface area contributed by atoms with E-state index in [0.29, 0.717) is 22.2 Å².